The number of hydrogen-bond acceptors (Lipinski definition) is 3. The molecule has 114 valence electrons. The van der Waals surface area contributed by atoms with Gasteiger partial charge in [-0.15, -0.1) is 12.4 Å². The number of nitrogens with zero attached hydrogens (tertiary/aromatic N) is 1. The van der Waals surface area contributed by atoms with E-state index in [1.807, 2.05) is 0 Å². The van der Waals surface area contributed by atoms with Crippen LogP contribution in [0.3, 0.4) is 0 Å². The Morgan fingerprint density at radius 3 is 2.81 bits per heavy atom. The van der Waals surface area contributed by atoms with Crippen molar-refractivity contribution in [3.8, 4) is 5.75 Å². The van der Waals surface area contributed by atoms with Gasteiger partial charge in [-0.05, 0) is 29.8 Å². The van der Waals surface area contributed by atoms with Crippen molar-refractivity contribution in [3.63, 3.8) is 0 Å². The fraction of sp³-hybridized carbons (Fsp3) is 0.412. The van der Waals surface area contributed by atoms with Crippen molar-refractivity contribution in [2.45, 2.75) is 13.0 Å². The molecule has 3 rings (SSSR count). The zero-order chi connectivity index (χ0) is 13.8. The van der Waals surface area contributed by atoms with Crippen LogP contribution >= 0.6 is 12.4 Å². The van der Waals surface area contributed by atoms with Gasteiger partial charge in [0.2, 0.25) is 0 Å². The smallest absolute Gasteiger partial charge is 0.120 e. The summed E-state index contributed by atoms with van der Waals surface area (Å²) in [6, 6.07) is 15.3. The summed E-state index contributed by atoms with van der Waals surface area (Å²) in [4.78, 5) is 2.48. The van der Waals surface area contributed by atoms with Crippen molar-refractivity contribution in [1.82, 2.24) is 10.2 Å². The van der Waals surface area contributed by atoms with Crippen LogP contribution in [-0.2, 0) is 0 Å². The number of piperazine rings is 1. The van der Waals surface area contributed by atoms with Crippen LogP contribution in [0.25, 0.3) is 10.8 Å². The molecule has 2 aromatic carbocycles. The van der Waals surface area contributed by atoms with Crippen molar-refractivity contribution in [2.24, 2.45) is 0 Å². The van der Waals surface area contributed by atoms with Gasteiger partial charge in [-0.2, -0.15) is 0 Å². The Morgan fingerprint density at radius 2 is 2.00 bits per heavy atom. The highest BCUT2D eigenvalue weighted by atomic mass is 35.5. The Labute approximate surface area is 132 Å². The van der Waals surface area contributed by atoms with Gasteiger partial charge in [0.25, 0.3) is 0 Å². The standard InChI is InChI=1S/C17H22N2O.ClH/c1-14-13-18-8-9-19(14)10-11-20-17-7-6-15-4-2-3-5-16(15)12-17;/h2-7,12,14,18H,8-11,13H2,1H3;1H/t14-;/m1./s1. The maximum absolute atomic E-state index is 5.90. The van der Waals surface area contributed by atoms with Crippen molar-refractivity contribution in [3.05, 3.63) is 42.5 Å². The van der Waals surface area contributed by atoms with Crippen molar-refractivity contribution < 1.29 is 4.74 Å². The first-order valence-electron chi connectivity index (χ1n) is 7.39. The predicted octanol–water partition coefficient (Wildman–Crippen LogP) is 2.93. The van der Waals surface area contributed by atoms with E-state index in [0.29, 0.717) is 6.04 Å². The molecule has 1 atom stereocenters. The minimum Gasteiger partial charge on any atom is -0.492 e. The molecule has 4 heteroatoms. The van der Waals surface area contributed by atoms with Gasteiger partial charge in [-0.3, -0.25) is 4.90 Å². The van der Waals surface area contributed by atoms with Crippen molar-refractivity contribution in [2.75, 3.05) is 32.8 Å². The molecule has 0 unspecified atom stereocenters. The summed E-state index contributed by atoms with van der Waals surface area (Å²) in [5.41, 5.74) is 0. The lowest BCUT2D eigenvalue weighted by Crippen LogP contribution is -2.50. The molecule has 1 heterocycles. The van der Waals surface area contributed by atoms with Gasteiger partial charge < -0.3 is 10.1 Å². The van der Waals surface area contributed by atoms with Crippen LogP contribution in [0.2, 0.25) is 0 Å². The molecule has 1 N–H and O–H groups in total. The second-order valence-electron chi connectivity index (χ2n) is 5.45. The molecule has 1 aliphatic rings. The van der Waals surface area contributed by atoms with Gasteiger partial charge in [0.05, 0.1) is 0 Å². The average Bonchev–Trinajstić information content (AvgIpc) is 2.49. The number of benzene rings is 2. The highest BCUT2D eigenvalue weighted by Crippen LogP contribution is 2.20. The van der Waals surface area contributed by atoms with E-state index in [1.165, 1.54) is 10.8 Å². The Balaban J connectivity index is 0.00000161. The second-order valence-corrected chi connectivity index (χ2v) is 5.45. The van der Waals surface area contributed by atoms with E-state index < -0.39 is 0 Å². The van der Waals surface area contributed by atoms with E-state index in [-0.39, 0.29) is 12.4 Å². The average molecular weight is 307 g/mol. The summed E-state index contributed by atoms with van der Waals surface area (Å²) >= 11 is 0. The van der Waals surface area contributed by atoms with E-state index in [4.69, 9.17) is 4.74 Å². The number of rotatable bonds is 4. The van der Waals surface area contributed by atoms with Crippen LogP contribution in [0.1, 0.15) is 6.92 Å². The molecule has 0 saturated carbocycles. The van der Waals surface area contributed by atoms with Crippen LogP contribution in [0, 0.1) is 0 Å². The maximum Gasteiger partial charge on any atom is 0.120 e. The van der Waals surface area contributed by atoms with Gasteiger partial charge >= 0.3 is 0 Å². The Kier molecular flexibility index (Phi) is 5.85. The minimum atomic E-state index is 0. The van der Waals surface area contributed by atoms with Crippen LogP contribution in [0.5, 0.6) is 5.75 Å². The lowest BCUT2D eigenvalue weighted by atomic mass is 10.1. The third-order valence-electron chi connectivity index (χ3n) is 4.01. The Morgan fingerprint density at radius 1 is 1.19 bits per heavy atom. The van der Waals surface area contributed by atoms with Crippen LogP contribution in [0.4, 0.5) is 0 Å². The Hall–Kier alpha value is -1.29. The molecule has 0 aliphatic carbocycles. The van der Waals surface area contributed by atoms with Gasteiger partial charge in [-0.25, -0.2) is 0 Å². The van der Waals surface area contributed by atoms with E-state index in [9.17, 15) is 0 Å². The number of nitrogens with one attached hydrogen (secondary N) is 1. The van der Waals surface area contributed by atoms with Gasteiger partial charge in [0, 0.05) is 32.2 Å². The van der Waals surface area contributed by atoms with E-state index in [1.54, 1.807) is 0 Å². The molecule has 0 bridgehead atoms. The SMILES string of the molecule is C[C@@H]1CNCCN1CCOc1ccc2ccccc2c1.Cl. The first kappa shape index (κ1) is 16.1. The first-order chi connectivity index (χ1) is 9.83. The van der Waals surface area contributed by atoms with Gasteiger partial charge in [0.1, 0.15) is 12.4 Å². The topological polar surface area (TPSA) is 24.5 Å². The van der Waals surface area contributed by atoms with E-state index in [2.05, 4.69) is 59.6 Å². The molecule has 0 amide bonds. The first-order valence-corrected chi connectivity index (χ1v) is 7.39. The number of halogens is 1. The third kappa shape index (κ3) is 4.10. The molecule has 1 fully saturated rings. The lowest BCUT2D eigenvalue weighted by molar-refractivity contribution is 0.143. The molecule has 2 aromatic rings. The molecule has 0 spiro atoms. The van der Waals surface area contributed by atoms with Crippen molar-refractivity contribution in [1.29, 1.82) is 0 Å². The van der Waals surface area contributed by atoms with Gasteiger partial charge in [0.15, 0.2) is 0 Å². The highest BCUT2D eigenvalue weighted by molar-refractivity contribution is 5.85. The summed E-state index contributed by atoms with van der Waals surface area (Å²) in [5, 5.41) is 5.91. The molecule has 1 saturated heterocycles. The Bertz CT molecular complexity index is 575. The zero-order valence-corrected chi connectivity index (χ0v) is 13.2. The van der Waals surface area contributed by atoms with E-state index >= 15 is 0 Å². The maximum atomic E-state index is 5.90. The third-order valence-corrected chi connectivity index (χ3v) is 4.01. The molecular weight excluding hydrogens is 284 g/mol. The summed E-state index contributed by atoms with van der Waals surface area (Å²) in [6.45, 7) is 7.29. The highest BCUT2D eigenvalue weighted by Gasteiger charge is 2.17. The largest absolute Gasteiger partial charge is 0.492 e. The van der Waals surface area contributed by atoms with Crippen LogP contribution < -0.4 is 10.1 Å². The van der Waals surface area contributed by atoms with Gasteiger partial charge in [-0.1, -0.05) is 30.3 Å². The summed E-state index contributed by atoms with van der Waals surface area (Å²) in [5.74, 6) is 0.964. The monoisotopic (exact) mass is 306 g/mol. The fourth-order valence-electron chi connectivity index (χ4n) is 2.75. The summed E-state index contributed by atoms with van der Waals surface area (Å²) in [7, 11) is 0. The van der Waals surface area contributed by atoms with Crippen LogP contribution in [-0.4, -0.2) is 43.7 Å². The number of ether oxygens (including phenoxy) is 1. The number of fused-ring (bicyclic) bond motifs is 1. The minimum absolute atomic E-state index is 0. The molecular formula is C17H23ClN2O. The predicted molar refractivity (Wildman–Crippen MR) is 90.6 cm³/mol. The van der Waals surface area contributed by atoms with Crippen LogP contribution in [0.15, 0.2) is 42.5 Å². The molecule has 1 aliphatic heterocycles. The van der Waals surface area contributed by atoms with Crippen molar-refractivity contribution >= 4 is 23.2 Å². The molecule has 0 radical (unpaired) electrons. The second kappa shape index (κ2) is 7.64. The molecule has 0 aromatic heterocycles. The summed E-state index contributed by atoms with van der Waals surface area (Å²) < 4.78 is 5.90. The lowest BCUT2D eigenvalue weighted by Gasteiger charge is -2.33. The fourth-order valence-corrected chi connectivity index (χ4v) is 2.75. The molecule has 21 heavy (non-hydrogen) atoms. The molecule has 3 nitrogen and oxygen atoms in total. The summed E-state index contributed by atoms with van der Waals surface area (Å²) in [6.07, 6.45) is 0. The quantitative estimate of drug-likeness (QED) is 0.940. The van der Waals surface area contributed by atoms with E-state index in [0.717, 1.165) is 38.5 Å². The zero-order valence-electron chi connectivity index (χ0n) is 12.4. The normalized spacial score (nSPS) is 19.2. The number of hydrogen-bond donors (Lipinski definition) is 1.